The van der Waals surface area contributed by atoms with Crippen molar-refractivity contribution < 1.29 is 14.0 Å². The molecule has 18 heavy (non-hydrogen) atoms. The summed E-state index contributed by atoms with van der Waals surface area (Å²) < 4.78 is 6.08. The number of ether oxygens (including phenoxy) is 1. The van der Waals surface area contributed by atoms with Crippen LogP contribution in [0, 0.1) is 6.92 Å². The summed E-state index contributed by atoms with van der Waals surface area (Å²) in [6.07, 6.45) is -0.436. The molecule has 0 aliphatic rings. The van der Waals surface area contributed by atoms with E-state index in [0.29, 0.717) is 5.75 Å². The highest BCUT2D eigenvalue weighted by atomic mass is 16.6. The van der Waals surface area contributed by atoms with Gasteiger partial charge in [0, 0.05) is 7.05 Å². The SMILES string of the molecule is CNC(=O)Oc1ccc(C)cc1C(C)[N+](C)(C)C. The average Bonchev–Trinajstić information content (AvgIpc) is 2.29. The highest BCUT2D eigenvalue weighted by molar-refractivity contribution is 5.70. The quantitative estimate of drug-likeness (QED) is 0.838. The van der Waals surface area contributed by atoms with Gasteiger partial charge in [-0.3, -0.25) is 0 Å². The second-order valence-corrected chi connectivity index (χ2v) is 5.47. The molecule has 0 fully saturated rings. The van der Waals surface area contributed by atoms with Gasteiger partial charge in [-0.25, -0.2) is 4.79 Å². The minimum absolute atomic E-state index is 0.240. The summed E-state index contributed by atoms with van der Waals surface area (Å²) in [4.78, 5) is 11.4. The molecule has 0 aromatic heterocycles. The summed E-state index contributed by atoms with van der Waals surface area (Å²) >= 11 is 0. The van der Waals surface area contributed by atoms with Crippen molar-refractivity contribution in [3.8, 4) is 5.75 Å². The molecule has 1 amide bonds. The lowest BCUT2D eigenvalue weighted by Gasteiger charge is -2.32. The monoisotopic (exact) mass is 251 g/mol. The maximum Gasteiger partial charge on any atom is 0.412 e. The van der Waals surface area contributed by atoms with Crippen LogP contribution in [0.15, 0.2) is 18.2 Å². The molecular weight excluding hydrogens is 228 g/mol. The first-order valence-electron chi connectivity index (χ1n) is 6.07. The lowest BCUT2D eigenvalue weighted by atomic mass is 10.0. The average molecular weight is 251 g/mol. The van der Waals surface area contributed by atoms with Gasteiger partial charge in [0.1, 0.15) is 11.8 Å². The molecule has 0 aliphatic heterocycles. The lowest BCUT2D eigenvalue weighted by Crippen LogP contribution is -2.37. The second-order valence-electron chi connectivity index (χ2n) is 5.47. The van der Waals surface area contributed by atoms with Gasteiger partial charge in [-0.05, 0) is 26.0 Å². The van der Waals surface area contributed by atoms with Gasteiger partial charge in [0.05, 0.1) is 26.7 Å². The van der Waals surface area contributed by atoms with Crippen LogP contribution in [0.3, 0.4) is 0 Å². The number of amides is 1. The molecule has 1 rings (SSSR count). The van der Waals surface area contributed by atoms with E-state index in [-0.39, 0.29) is 6.04 Å². The standard InChI is InChI=1S/C14H22N2O2/c1-10-7-8-13(18-14(17)15-3)12(9-10)11(2)16(4,5)6/h7-9,11H,1-6H3/p+1. The molecule has 1 N–H and O–H groups in total. The molecule has 0 aliphatic carbocycles. The number of hydrogen-bond donors (Lipinski definition) is 1. The first-order valence-corrected chi connectivity index (χ1v) is 6.07. The third-order valence-corrected chi connectivity index (χ3v) is 3.18. The highest BCUT2D eigenvalue weighted by Gasteiger charge is 2.24. The number of nitrogens with zero attached hydrogens (tertiary/aromatic N) is 1. The van der Waals surface area contributed by atoms with Crippen molar-refractivity contribution in [2.75, 3.05) is 28.2 Å². The predicted octanol–water partition coefficient (Wildman–Crippen LogP) is 2.48. The van der Waals surface area contributed by atoms with Crippen LogP contribution in [0.25, 0.3) is 0 Å². The third kappa shape index (κ3) is 3.47. The van der Waals surface area contributed by atoms with Gasteiger partial charge in [-0.1, -0.05) is 11.6 Å². The molecule has 0 spiro atoms. The summed E-state index contributed by atoms with van der Waals surface area (Å²) in [5.74, 6) is 0.625. The van der Waals surface area contributed by atoms with Gasteiger partial charge in [-0.2, -0.15) is 0 Å². The fourth-order valence-corrected chi connectivity index (χ4v) is 1.66. The van der Waals surface area contributed by atoms with Gasteiger partial charge >= 0.3 is 6.09 Å². The van der Waals surface area contributed by atoms with Crippen LogP contribution in [-0.2, 0) is 0 Å². The van der Waals surface area contributed by atoms with E-state index in [1.165, 1.54) is 0 Å². The molecule has 4 heteroatoms. The second kappa shape index (κ2) is 5.40. The number of aryl methyl sites for hydroxylation is 1. The number of quaternary nitrogens is 1. The zero-order valence-electron chi connectivity index (χ0n) is 12.1. The van der Waals surface area contributed by atoms with Crippen LogP contribution in [0.2, 0.25) is 0 Å². The molecule has 0 radical (unpaired) electrons. The first kappa shape index (κ1) is 14.5. The van der Waals surface area contributed by atoms with Crippen LogP contribution in [0.5, 0.6) is 5.75 Å². The van der Waals surface area contributed by atoms with Crippen molar-refractivity contribution in [1.82, 2.24) is 5.32 Å². The van der Waals surface area contributed by atoms with Crippen LogP contribution in [0.1, 0.15) is 24.1 Å². The van der Waals surface area contributed by atoms with Crippen molar-refractivity contribution in [2.24, 2.45) is 0 Å². The van der Waals surface area contributed by atoms with E-state index in [0.717, 1.165) is 15.6 Å². The molecule has 0 saturated carbocycles. The van der Waals surface area contributed by atoms with Crippen LogP contribution in [-0.4, -0.2) is 38.8 Å². The minimum atomic E-state index is -0.436. The van der Waals surface area contributed by atoms with Crippen LogP contribution >= 0.6 is 0 Å². The van der Waals surface area contributed by atoms with E-state index in [4.69, 9.17) is 4.74 Å². The topological polar surface area (TPSA) is 38.3 Å². The zero-order valence-corrected chi connectivity index (χ0v) is 12.1. The number of rotatable bonds is 3. The van der Waals surface area contributed by atoms with Crippen molar-refractivity contribution in [3.63, 3.8) is 0 Å². The van der Waals surface area contributed by atoms with Crippen molar-refractivity contribution in [2.45, 2.75) is 19.9 Å². The Morgan fingerprint density at radius 3 is 2.44 bits per heavy atom. The fourth-order valence-electron chi connectivity index (χ4n) is 1.66. The van der Waals surface area contributed by atoms with Crippen molar-refractivity contribution >= 4 is 6.09 Å². The van der Waals surface area contributed by atoms with E-state index in [9.17, 15) is 4.79 Å². The highest BCUT2D eigenvalue weighted by Crippen LogP contribution is 2.31. The summed E-state index contributed by atoms with van der Waals surface area (Å²) in [6, 6.07) is 6.12. The normalized spacial score (nSPS) is 13.0. The molecule has 1 unspecified atom stereocenters. The van der Waals surface area contributed by atoms with E-state index < -0.39 is 6.09 Å². The molecule has 4 nitrogen and oxygen atoms in total. The van der Waals surface area contributed by atoms with Gasteiger partial charge < -0.3 is 14.5 Å². The smallest absolute Gasteiger partial charge is 0.410 e. The Hall–Kier alpha value is -1.55. The summed E-state index contributed by atoms with van der Waals surface area (Å²) in [6.45, 7) is 4.17. The summed E-state index contributed by atoms with van der Waals surface area (Å²) in [5.41, 5.74) is 2.21. The maximum atomic E-state index is 11.4. The molecule has 0 saturated heterocycles. The fraction of sp³-hybridized carbons (Fsp3) is 0.500. The van der Waals surface area contributed by atoms with E-state index in [1.807, 2.05) is 19.1 Å². The van der Waals surface area contributed by atoms with Gasteiger partial charge in [0.15, 0.2) is 0 Å². The predicted molar refractivity (Wildman–Crippen MR) is 72.7 cm³/mol. The molecule has 100 valence electrons. The van der Waals surface area contributed by atoms with Crippen LogP contribution < -0.4 is 10.1 Å². The molecule has 1 aromatic carbocycles. The van der Waals surface area contributed by atoms with Gasteiger partial charge in [0.25, 0.3) is 0 Å². The number of carbonyl (C=O) groups is 1. The molecule has 1 aromatic rings. The van der Waals surface area contributed by atoms with Gasteiger partial charge in [-0.15, -0.1) is 0 Å². The maximum absolute atomic E-state index is 11.4. The largest absolute Gasteiger partial charge is 0.412 e. The lowest BCUT2D eigenvalue weighted by molar-refractivity contribution is -0.900. The summed E-state index contributed by atoms with van der Waals surface area (Å²) in [5, 5.41) is 2.47. The van der Waals surface area contributed by atoms with Gasteiger partial charge in [0.2, 0.25) is 0 Å². The zero-order chi connectivity index (χ0) is 13.9. The summed E-state index contributed by atoms with van der Waals surface area (Å²) in [7, 11) is 7.92. The Kier molecular flexibility index (Phi) is 4.35. The van der Waals surface area contributed by atoms with Crippen molar-refractivity contribution in [1.29, 1.82) is 0 Å². The van der Waals surface area contributed by atoms with E-state index in [1.54, 1.807) is 7.05 Å². The third-order valence-electron chi connectivity index (χ3n) is 3.18. The molecule has 0 heterocycles. The Balaban J connectivity index is 3.15. The van der Waals surface area contributed by atoms with Crippen LogP contribution in [0.4, 0.5) is 4.79 Å². The van der Waals surface area contributed by atoms with E-state index in [2.05, 4.69) is 39.4 Å². The molecular formula is C14H23N2O2+. The first-order chi connectivity index (χ1) is 8.25. The minimum Gasteiger partial charge on any atom is -0.410 e. The Labute approximate surface area is 109 Å². The number of hydrogen-bond acceptors (Lipinski definition) is 2. The molecule has 0 bridgehead atoms. The Morgan fingerprint density at radius 1 is 1.33 bits per heavy atom. The number of carbonyl (C=O) groups excluding carboxylic acids is 1. The number of nitrogens with one attached hydrogen (secondary N) is 1. The number of benzene rings is 1. The van der Waals surface area contributed by atoms with E-state index >= 15 is 0 Å². The molecule has 1 atom stereocenters. The Morgan fingerprint density at radius 2 is 1.94 bits per heavy atom. The van der Waals surface area contributed by atoms with Crippen molar-refractivity contribution in [3.05, 3.63) is 29.3 Å². The Bertz CT molecular complexity index is 436.